The Morgan fingerprint density at radius 3 is 2.95 bits per heavy atom. The molecule has 4 nitrogen and oxygen atoms in total. The van der Waals surface area contributed by atoms with Gasteiger partial charge in [0.05, 0.1) is 12.1 Å². The normalized spacial score (nSPS) is 12.7. The maximum absolute atomic E-state index is 13.0. The van der Waals surface area contributed by atoms with Gasteiger partial charge in [-0.05, 0) is 41.5 Å². The van der Waals surface area contributed by atoms with Crippen molar-refractivity contribution in [2.45, 2.75) is 13.0 Å². The molecule has 108 valence electrons. The van der Waals surface area contributed by atoms with Crippen molar-refractivity contribution >= 4 is 28.9 Å². The highest BCUT2D eigenvalue weighted by Gasteiger charge is 2.12. The molecule has 0 unspecified atom stereocenters. The molecule has 0 bridgehead atoms. The number of hydrogen-bond acceptors (Lipinski definition) is 3. The van der Waals surface area contributed by atoms with E-state index in [1.807, 2.05) is 18.2 Å². The van der Waals surface area contributed by atoms with Crippen LogP contribution in [0, 0.1) is 5.82 Å². The number of hydrazine groups is 1. The lowest BCUT2D eigenvalue weighted by Gasteiger charge is -2.08. The Morgan fingerprint density at radius 1 is 1.29 bits per heavy atom. The molecule has 0 aromatic heterocycles. The Labute approximate surface area is 126 Å². The van der Waals surface area contributed by atoms with Crippen molar-refractivity contribution < 1.29 is 9.18 Å². The molecule has 1 heterocycles. The van der Waals surface area contributed by atoms with Crippen molar-refractivity contribution in [1.82, 2.24) is 5.43 Å². The number of benzene rings is 2. The Balaban J connectivity index is 1.69. The number of anilines is 2. The lowest BCUT2D eigenvalue weighted by molar-refractivity contribution is -0.115. The van der Waals surface area contributed by atoms with Gasteiger partial charge < -0.3 is 10.7 Å². The van der Waals surface area contributed by atoms with E-state index in [-0.39, 0.29) is 17.4 Å². The highest BCUT2D eigenvalue weighted by atomic mass is 35.5. The lowest BCUT2D eigenvalue weighted by atomic mass is 10.1. The van der Waals surface area contributed by atoms with E-state index in [9.17, 15) is 9.18 Å². The zero-order valence-corrected chi connectivity index (χ0v) is 11.8. The maximum Gasteiger partial charge on any atom is 0.228 e. The van der Waals surface area contributed by atoms with Gasteiger partial charge in [-0.25, -0.2) is 9.82 Å². The molecule has 0 spiro atoms. The molecule has 2 aromatic rings. The first-order chi connectivity index (χ1) is 10.1. The van der Waals surface area contributed by atoms with Gasteiger partial charge in [-0.3, -0.25) is 4.79 Å². The first-order valence-corrected chi connectivity index (χ1v) is 6.85. The standard InChI is InChI=1S/C15H13ClFN3O/c16-13-7-11(17)2-1-9(13)6-15(21)19-12-3-4-14-10(5-12)8-18-20-14/h1-5,7,18,20H,6,8H2,(H,19,21). The SMILES string of the molecule is O=C(Cc1ccc(F)cc1Cl)Nc1ccc2c(c1)CNN2. The number of amides is 1. The molecule has 3 N–H and O–H groups in total. The van der Waals surface area contributed by atoms with Crippen molar-refractivity contribution in [3.05, 3.63) is 58.4 Å². The predicted octanol–water partition coefficient (Wildman–Crippen LogP) is 3.09. The van der Waals surface area contributed by atoms with E-state index in [4.69, 9.17) is 11.6 Å². The molecule has 6 heteroatoms. The van der Waals surface area contributed by atoms with Crippen molar-refractivity contribution in [2.24, 2.45) is 0 Å². The first kappa shape index (κ1) is 13.9. The quantitative estimate of drug-likeness (QED) is 0.817. The average Bonchev–Trinajstić information content (AvgIpc) is 2.89. The van der Waals surface area contributed by atoms with E-state index in [1.165, 1.54) is 18.2 Å². The zero-order valence-electron chi connectivity index (χ0n) is 11.0. The minimum absolute atomic E-state index is 0.104. The fourth-order valence-corrected chi connectivity index (χ4v) is 2.45. The van der Waals surface area contributed by atoms with Crippen LogP contribution in [0.1, 0.15) is 11.1 Å². The number of halogens is 2. The van der Waals surface area contributed by atoms with Crippen LogP contribution in [0.2, 0.25) is 5.02 Å². The summed E-state index contributed by atoms with van der Waals surface area (Å²) in [6, 6.07) is 9.65. The molecule has 0 fully saturated rings. The van der Waals surface area contributed by atoms with Crippen LogP contribution in [0.15, 0.2) is 36.4 Å². The van der Waals surface area contributed by atoms with Gasteiger partial charge in [0.25, 0.3) is 0 Å². The second-order valence-corrected chi connectivity index (χ2v) is 5.22. The van der Waals surface area contributed by atoms with E-state index in [0.717, 1.165) is 16.9 Å². The van der Waals surface area contributed by atoms with Crippen molar-refractivity contribution in [2.75, 3.05) is 10.7 Å². The van der Waals surface area contributed by atoms with Crippen LogP contribution in [-0.4, -0.2) is 5.91 Å². The summed E-state index contributed by atoms with van der Waals surface area (Å²) in [5.74, 6) is -0.606. The summed E-state index contributed by atoms with van der Waals surface area (Å²) < 4.78 is 13.0. The number of fused-ring (bicyclic) bond motifs is 1. The van der Waals surface area contributed by atoms with Gasteiger partial charge in [-0.2, -0.15) is 0 Å². The Kier molecular flexibility index (Phi) is 3.77. The van der Waals surface area contributed by atoms with Crippen LogP contribution in [0.25, 0.3) is 0 Å². The number of nitrogens with one attached hydrogen (secondary N) is 3. The minimum atomic E-state index is -0.414. The first-order valence-electron chi connectivity index (χ1n) is 6.47. The summed E-state index contributed by atoms with van der Waals surface area (Å²) in [5.41, 5.74) is 9.44. The number of hydrogen-bond donors (Lipinski definition) is 3. The molecule has 21 heavy (non-hydrogen) atoms. The maximum atomic E-state index is 13.0. The van der Waals surface area contributed by atoms with Crippen LogP contribution < -0.4 is 16.2 Å². The third-order valence-electron chi connectivity index (χ3n) is 3.26. The van der Waals surface area contributed by atoms with Gasteiger partial charge in [-0.1, -0.05) is 17.7 Å². The second-order valence-electron chi connectivity index (χ2n) is 4.81. The third kappa shape index (κ3) is 3.15. The van der Waals surface area contributed by atoms with E-state index >= 15 is 0 Å². The largest absolute Gasteiger partial charge is 0.326 e. The molecule has 0 saturated carbocycles. The molecule has 0 saturated heterocycles. The van der Waals surface area contributed by atoms with Crippen molar-refractivity contribution in [3.8, 4) is 0 Å². The van der Waals surface area contributed by atoms with Gasteiger partial charge in [0.15, 0.2) is 0 Å². The Hall–Kier alpha value is -2.11. The van der Waals surface area contributed by atoms with Crippen LogP contribution >= 0.6 is 11.6 Å². The molecule has 0 radical (unpaired) electrons. The van der Waals surface area contributed by atoms with Crippen LogP contribution in [-0.2, 0) is 17.8 Å². The molecular weight excluding hydrogens is 293 g/mol. The smallest absolute Gasteiger partial charge is 0.228 e. The average molecular weight is 306 g/mol. The summed E-state index contributed by atoms with van der Waals surface area (Å²) in [4.78, 5) is 12.0. The van der Waals surface area contributed by atoms with Gasteiger partial charge in [0.1, 0.15) is 5.82 Å². The third-order valence-corrected chi connectivity index (χ3v) is 3.61. The van der Waals surface area contributed by atoms with Gasteiger partial charge >= 0.3 is 0 Å². The van der Waals surface area contributed by atoms with E-state index in [0.29, 0.717) is 12.1 Å². The minimum Gasteiger partial charge on any atom is -0.326 e. The molecule has 1 amide bonds. The van der Waals surface area contributed by atoms with Crippen molar-refractivity contribution in [3.63, 3.8) is 0 Å². The summed E-state index contributed by atoms with van der Waals surface area (Å²) in [6.45, 7) is 0.711. The molecular formula is C15H13ClFN3O. The molecule has 1 aliphatic rings. The monoisotopic (exact) mass is 305 g/mol. The van der Waals surface area contributed by atoms with Gasteiger partial charge in [-0.15, -0.1) is 0 Å². The van der Waals surface area contributed by atoms with Crippen LogP contribution in [0.5, 0.6) is 0 Å². The van der Waals surface area contributed by atoms with E-state index < -0.39 is 5.82 Å². The van der Waals surface area contributed by atoms with E-state index in [2.05, 4.69) is 16.2 Å². The number of rotatable bonds is 3. The fourth-order valence-electron chi connectivity index (χ4n) is 2.22. The molecule has 0 aliphatic carbocycles. The summed E-state index contributed by atoms with van der Waals surface area (Å²) in [6.07, 6.45) is 0.104. The van der Waals surface area contributed by atoms with Crippen LogP contribution in [0.3, 0.4) is 0 Å². The molecule has 0 atom stereocenters. The van der Waals surface area contributed by atoms with Gasteiger partial charge in [0, 0.05) is 17.3 Å². The Bertz CT molecular complexity index is 705. The Morgan fingerprint density at radius 2 is 2.14 bits per heavy atom. The van der Waals surface area contributed by atoms with Gasteiger partial charge in [0.2, 0.25) is 5.91 Å². The molecule has 1 aliphatic heterocycles. The highest BCUT2D eigenvalue weighted by Crippen LogP contribution is 2.24. The fraction of sp³-hybridized carbons (Fsp3) is 0.133. The number of carbonyl (C=O) groups excluding carboxylic acids is 1. The summed E-state index contributed by atoms with van der Waals surface area (Å²) in [7, 11) is 0. The van der Waals surface area contributed by atoms with Crippen molar-refractivity contribution in [1.29, 1.82) is 0 Å². The summed E-state index contributed by atoms with van der Waals surface area (Å²) >= 11 is 5.92. The van der Waals surface area contributed by atoms with Crippen LogP contribution in [0.4, 0.5) is 15.8 Å². The molecule has 2 aromatic carbocycles. The summed E-state index contributed by atoms with van der Waals surface area (Å²) in [5, 5.41) is 3.07. The lowest BCUT2D eigenvalue weighted by Crippen LogP contribution is -2.14. The number of carbonyl (C=O) groups is 1. The highest BCUT2D eigenvalue weighted by molar-refractivity contribution is 6.31. The molecule has 3 rings (SSSR count). The topological polar surface area (TPSA) is 53.2 Å². The van der Waals surface area contributed by atoms with E-state index in [1.54, 1.807) is 0 Å². The predicted molar refractivity (Wildman–Crippen MR) is 80.6 cm³/mol. The zero-order chi connectivity index (χ0) is 14.8. The second kappa shape index (κ2) is 5.71.